The standard InChI is InChI=1S/C18H20N6O2/c1-23(10-12-6-2-3-7-13(12)24-8-4-5-9-24)18(26)16-14-15(21-22-16)17(25)20-11-19-14/h2-3,6-7,11H,4-5,8-10H2,1H3,(H,21,22)(H,19,20,25). The monoisotopic (exact) mass is 352 g/mol. The highest BCUT2D eigenvalue weighted by Crippen LogP contribution is 2.25. The van der Waals surface area contributed by atoms with E-state index in [1.54, 1.807) is 11.9 Å². The summed E-state index contributed by atoms with van der Waals surface area (Å²) in [7, 11) is 1.74. The van der Waals surface area contributed by atoms with E-state index in [1.165, 1.54) is 24.9 Å². The lowest BCUT2D eigenvalue weighted by molar-refractivity contribution is 0.0781. The Morgan fingerprint density at radius 2 is 2.00 bits per heavy atom. The molecule has 2 aromatic heterocycles. The Labute approximate surface area is 149 Å². The van der Waals surface area contributed by atoms with E-state index in [-0.39, 0.29) is 22.7 Å². The van der Waals surface area contributed by atoms with E-state index >= 15 is 0 Å². The molecule has 0 saturated carbocycles. The summed E-state index contributed by atoms with van der Waals surface area (Å²) in [5.74, 6) is -0.248. The van der Waals surface area contributed by atoms with Crippen LogP contribution in [0, 0.1) is 0 Å². The summed E-state index contributed by atoms with van der Waals surface area (Å²) in [6, 6.07) is 8.16. The van der Waals surface area contributed by atoms with Crippen molar-refractivity contribution in [2.45, 2.75) is 19.4 Å². The van der Waals surface area contributed by atoms with Crippen LogP contribution in [0.4, 0.5) is 5.69 Å². The highest BCUT2D eigenvalue weighted by molar-refractivity contribution is 6.02. The lowest BCUT2D eigenvalue weighted by atomic mass is 10.1. The number of amides is 1. The molecule has 1 aliphatic heterocycles. The fraction of sp³-hybridized carbons (Fsp3) is 0.333. The molecular weight excluding hydrogens is 332 g/mol. The van der Waals surface area contributed by atoms with Crippen LogP contribution in [0.5, 0.6) is 0 Å². The quantitative estimate of drug-likeness (QED) is 0.742. The van der Waals surface area contributed by atoms with Crippen LogP contribution in [0.2, 0.25) is 0 Å². The first kappa shape index (κ1) is 16.3. The molecule has 0 spiro atoms. The fourth-order valence-electron chi connectivity index (χ4n) is 3.42. The van der Waals surface area contributed by atoms with Crippen molar-refractivity contribution in [3.63, 3.8) is 0 Å². The Bertz CT molecular complexity index is 1000. The molecule has 4 rings (SSSR count). The molecule has 1 aromatic carbocycles. The second-order valence-corrected chi connectivity index (χ2v) is 6.51. The topological polar surface area (TPSA) is 98.0 Å². The Kier molecular flexibility index (Phi) is 4.16. The van der Waals surface area contributed by atoms with Gasteiger partial charge in [0, 0.05) is 32.4 Å². The van der Waals surface area contributed by atoms with Crippen molar-refractivity contribution in [3.8, 4) is 0 Å². The molecule has 8 heteroatoms. The van der Waals surface area contributed by atoms with Crippen molar-refractivity contribution in [1.29, 1.82) is 0 Å². The van der Waals surface area contributed by atoms with Gasteiger partial charge in [0.25, 0.3) is 11.5 Å². The van der Waals surface area contributed by atoms with Gasteiger partial charge >= 0.3 is 0 Å². The van der Waals surface area contributed by atoms with Gasteiger partial charge in [0.05, 0.1) is 6.33 Å². The van der Waals surface area contributed by atoms with E-state index in [9.17, 15) is 9.59 Å². The lowest BCUT2D eigenvalue weighted by Crippen LogP contribution is -2.28. The van der Waals surface area contributed by atoms with Gasteiger partial charge < -0.3 is 14.8 Å². The molecule has 134 valence electrons. The lowest BCUT2D eigenvalue weighted by Gasteiger charge is -2.24. The van der Waals surface area contributed by atoms with Gasteiger partial charge in [0.15, 0.2) is 5.52 Å². The first-order chi connectivity index (χ1) is 12.6. The third-order valence-electron chi connectivity index (χ3n) is 4.75. The first-order valence-corrected chi connectivity index (χ1v) is 8.65. The number of aromatic nitrogens is 4. The predicted octanol–water partition coefficient (Wildman–Crippen LogP) is 1.52. The molecule has 0 atom stereocenters. The molecule has 1 aliphatic rings. The number of nitrogens with one attached hydrogen (secondary N) is 2. The Hall–Kier alpha value is -3.16. The molecule has 0 radical (unpaired) electrons. The number of rotatable bonds is 4. The number of aromatic amines is 2. The van der Waals surface area contributed by atoms with Gasteiger partial charge in [-0.05, 0) is 24.5 Å². The van der Waals surface area contributed by atoms with Gasteiger partial charge in [0.2, 0.25) is 0 Å². The molecule has 0 bridgehead atoms. The van der Waals surface area contributed by atoms with Crippen molar-refractivity contribution < 1.29 is 4.79 Å². The second-order valence-electron chi connectivity index (χ2n) is 6.51. The smallest absolute Gasteiger partial charge is 0.279 e. The molecule has 3 aromatic rings. The van der Waals surface area contributed by atoms with Crippen molar-refractivity contribution >= 4 is 22.6 Å². The SMILES string of the molecule is CN(Cc1ccccc1N1CCCC1)C(=O)c1[nH]nc2c(=O)[nH]cnc12. The van der Waals surface area contributed by atoms with Crippen LogP contribution in [-0.2, 0) is 6.54 Å². The summed E-state index contributed by atoms with van der Waals surface area (Å²) in [5, 5.41) is 6.58. The third kappa shape index (κ3) is 2.83. The molecular formula is C18H20N6O2. The number of hydrogen-bond donors (Lipinski definition) is 2. The van der Waals surface area contributed by atoms with Crippen LogP contribution in [0.25, 0.3) is 11.0 Å². The minimum Gasteiger partial charge on any atom is -0.371 e. The Morgan fingerprint density at radius 1 is 1.23 bits per heavy atom. The zero-order chi connectivity index (χ0) is 18.1. The summed E-state index contributed by atoms with van der Waals surface area (Å²) in [4.78, 5) is 35.1. The predicted molar refractivity (Wildman–Crippen MR) is 98.2 cm³/mol. The summed E-state index contributed by atoms with van der Waals surface area (Å²) >= 11 is 0. The third-order valence-corrected chi connectivity index (χ3v) is 4.75. The number of anilines is 1. The summed E-state index contributed by atoms with van der Waals surface area (Å²) in [6.45, 7) is 2.56. The van der Waals surface area contributed by atoms with E-state index in [0.717, 1.165) is 18.7 Å². The number of para-hydroxylation sites is 1. The minimum atomic E-state index is -0.368. The van der Waals surface area contributed by atoms with E-state index < -0.39 is 0 Å². The van der Waals surface area contributed by atoms with Crippen LogP contribution in [0.15, 0.2) is 35.4 Å². The summed E-state index contributed by atoms with van der Waals surface area (Å²) < 4.78 is 0. The maximum atomic E-state index is 12.9. The molecule has 8 nitrogen and oxygen atoms in total. The van der Waals surface area contributed by atoms with Crippen LogP contribution in [-0.4, -0.2) is 51.1 Å². The van der Waals surface area contributed by atoms with Crippen LogP contribution in [0.3, 0.4) is 0 Å². The molecule has 2 N–H and O–H groups in total. The molecule has 26 heavy (non-hydrogen) atoms. The number of benzene rings is 1. The molecule has 1 saturated heterocycles. The van der Waals surface area contributed by atoms with E-state index in [4.69, 9.17) is 0 Å². The molecule has 0 aliphatic carbocycles. The molecule has 1 fully saturated rings. The van der Waals surface area contributed by atoms with Crippen LogP contribution < -0.4 is 10.5 Å². The fourth-order valence-corrected chi connectivity index (χ4v) is 3.42. The summed E-state index contributed by atoms with van der Waals surface area (Å²) in [5.41, 5.74) is 2.56. The molecule has 3 heterocycles. The van der Waals surface area contributed by atoms with Crippen LogP contribution >= 0.6 is 0 Å². The zero-order valence-electron chi connectivity index (χ0n) is 14.5. The number of H-pyrrole nitrogens is 2. The van der Waals surface area contributed by atoms with Gasteiger partial charge in [-0.25, -0.2) is 4.98 Å². The normalized spacial score (nSPS) is 14.1. The average Bonchev–Trinajstić information content (AvgIpc) is 3.32. The van der Waals surface area contributed by atoms with Gasteiger partial charge in [-0.15, -0.1) is 0 Å². The maximum absolute atomic E-state index is 12.9. The number of fused-ring (bicyclic) bond motifs is 1. The average molecular weight is 352 g/mol. The van der Waals surface area contributed by atoms with Crippen molar-refractivity contribution in [3.05, 3.63) is 52.2 Å². The van der Waals surface area contributed by atoms with E-state index in [1.807, 2.05) is 18.2 Å². The molecule has 0 unspecified atom stereocenters. The Morgan fingerprint density at radius 3 is 2.81 bits per heavy atom. The van der Waals surface area contributed by atoms with E-state index in [2.05, 4.69) is 31.1 Å². The number of carbonyl (C=O) groups excluding carboxylic acids is 1. The highest BCUT2D eigenvalue weighted by atomic mass is 16.2. The van der Waals surface area contributed by atoms with Gasteiger partial charge in [0.1, 0.15) is 11.2 Å². The maximum Gasteiger partial charge on any atom is 0.279 e. The minimum absolute atomic E-state index is 0.140. The summed E-state index contributed by atoms with van der Waals surface area (Å²) in [6.07, 6.45) is 3.67. The van der Waals surface area contributed by atoms with Crippen molar-refractivity contribution in [1.82, 2.24) is 25.1 Å². The number of carbonyl (C=O) groups is 1. The largest absolute Gasteiger partial charge is 0.371 e. The van der Waals surface area contributed by atoms with Crippen molar-refractivity contribution in [2.24, 2.45) is 0 Å². The van der Waals surface area contributed by atoms with Gasteiger partial charge in [-0.3, -0.25) is 14.7 Å². The van der Waals surface area contributed by atoms with Crippen molar-refractivity contribution in [2.75, 3.05) is 25.0 Å². The van der Waals surface area contributed by atoms with Gasteiger partial charge in [-0.2, -0.15) is 5.10 Å². The number of nitrogens with zero attached hydrogens (tertiary/aromatic N) is 4. The first-order valence-electron chi connectivity index (χ1n) is 8.65. The highest BCUT2D eigenvalue weighted by Gasteiger charge is 2.22. The number of hydrogen-bond acceptors (Lipinski definition) is 5. The van der Waals surface area contributed by atoms with E-state index in [0.29, 0.717) is 12.1 Å². The van der Waals surface area contributed by atoms with Gasteiger partial charge in [-0.1, -0.05) is 18.2 Å². The zero-order valence-corrected chi connectivity index (χ0v) is 14.5. The second kappa shape index (κ2) is 6.62. The van der Waals surface area contributed by atoms with Crippen LogP contribution in [0.1, 0.15) is 28.9 Å². The molecule has 1 amide bonds. The Balaban J connectivity index is 1.60.